The SMILES string of the molecule is COC(=O)/C(=C/OC(F)F)c1ccccc1COc1ccccc1C. The first-order valence-electron chi connectivity index (χ1n) is 7.51. The molecule has 0 spiro atoms. The Labute approximate surface area is 144 Å². The van der Waals surface area contributed by atoms with Crippen molar-refractivity contribution in [2.45, 2.75) is 20.1 Å². The Bertz CT molecular complexity index is 757. The third-order valence-corrected chi connectivity index (χ3v) is 3.48. The topological polar surface area (TPSA) is 44.8 Å². The van der Waals surface area contributed by atoms with Crippen LogP contribution >= 0.6 is 0 Å². The van der Waals surface area contributed by atoms with Crippen LogP contribution in [0.3, 0.4) is 0 Å². The Morgan fingerprint density at radius 2 is 1.80 bits per heavy atom. The van der Waals surface area contributed by atoms with Gasteiger partial charge in [0.05, 0.1) is 7.11 Å². The van der Waals surface area contributed by atoms with Crippen LogP contribution in [0, 0.1) is 6.92 Å². The van der Waals surface area contributed by atoms with E-state index in [1.165, 1.54) is 7.11 Å². The number of methoxy groups -OCH3 is 1. The van der Waals surface area contributed by atoms with Gasteiger partial charge in [0.15, 0.2) is 0 Å². The van der Waals surface area contributed by atoms with E-state index in [0.29, 0.717) is 23.1 Å². The van der Waals surface area contributed by atoms with Crippen LogP contribution in [0.25, 0.3) is 5.57 Å². The lowest BCUT2D eigenvalue weighted by Crippen LogP contribution is -2.09. The molecule has 2 aromatic rings. The average molecular weight is 348 g/mol. The molecule has 0 radical (unpaired) electrons. The van der Waals surface area contributed by atoms with Crippen LogP contribution in [0.1, 0.15) is 16.7 Å². The molecule has 0 unspecified atom stereocenters. The minimum Gasteiger partial charge on any atom is -0.489 e. The van der Waals surface area contributed by atoms with Gasteiger partial charge in [0.1, 0.15) is 24.2 Å². The fourth-order valence-electron chi connectivity index (χ4n) is 2.23. The second kappa shape index (κ2) is 8.82. The van der Waals surface area contributed by atoms with Gasteiger partial charge in [-0.05, 0) is 29.7 Å². The molecule has 0 aliphatic carbocycles. The lowest BCUT2D eigenvalue weighted by atomic mass is 10.0. The van der Waals surface area contributed by atoms with E-state index >= 15 is 0 Å². The number of para-hydroxylation sites is 1. The third kappa shape index (κ3) is 5.04. The standard InChI is InChI=1S/C19H18F2O4/c1-13-7-3-6-10-17(13)24-11-14-8-4-5-9-15(14)16(18(22)23-2)12-25-19(20)21/h3-10,12,19H,11H2,1-2H3/b16-12+. The van der Waals surface area contributed by atoms with Gasteiger partial charge in [-0.15, -0.1) is 0 Å². The molecule has 25 heavy (non-hydrogen) atoms. The number of rotatable bonds is 7. The molecule has 0 aliphatic rings. The van der Waals surface area contributed by atoms with Gasteiger partial charge >= 0.3 is 12.6 Å². The first kappa shape index (κ1) is 18.4. The molecule has 0 fully saturated rings. The first-order chi connectivity index (χ1) is 12.0. The highest BCUT2D eigenvalue weighted by Gasteiger charge is 2.18. The minimum atomic E-state index is -3.03. The van der Waals surface area contributed by atoms with Gasteiger partial charge in [0, 0.05) is 0 Å². The summed E-state index contributed by atoms with van der Waals surface area (Å²) >= 11 is 0. The lowest BCUT2D eigenvalue weighted by Gasteiger charge is -2.14. The maximum atomic E-state index is 12.3. The van der Waals surface area contributed by atoms with Gasteiger partial charge in [0.25, 0.3) is 0 Å². The Hall–Kier alpha value is -2.89. The van der Waals surface area contributed by atoms with Crippen LogP contribution in [0.2, 0.25) is 0 Å². The molecule has 4 nitrogen and oxygen atoms in total. The minimum absolute atomic E-state index is 0.105. The molecule has 0 aliphatic heterocycles. The maximum absolute atomic E-state index is 12.3. The van der Waals surface area contributed by atoms with Crippen molar-refractivity contribution in [2.24, 2.45) is 0 Å². The molecule has 0 aromatic heterocycles. The van der Waals surface area contributed by atoms with Crippen molar-refractivity contribution in [1.29, 1.82) is 0 Å². The molecular weight excluding hydrogens is 330 g/mol. The molecule has 0 heterocycles. The van der Waals surface area contributed by atoms with Crippen LogP contribution in [-0.2, 0) is 20.9 Å². The third-order valence-electron chi connectivity index (χ3n) is 3.48. The summed E-state index contributed by atoms with van der Waals surface area (Å²) in [4.78, 5) is 11.9. The summed E-state index contributed by atoms with van der Waals surface area (Å²) in [7, 11) is 1.17. The molecule has 132 valence electrons. The van der Waals surface area contributed by atoms with E-state index in [4.69, 9.17) is 4.74 Å². The summed E-state index contributed by atoms with van der Waals surface area (Å²) in [5.74, 6) is -0.0753. The number of esters is 1. The van der Waals surface area contributed by atoms with Crippen LogP contribution in [0.4, 0.5) is 8.78 Å². The van der Waals surface area contributed by atoms with Gasteiger partial charge in [-0.2, -0.15) is 8.78 Å². The number of carbonyl (C=O) groups excluding carboxylic acids is 1. The number of halogens is 2. The number of hydrogen-bond acceptors (Lipinski definition) is 4. The fourth-order valence-corrected chi connectivity index (χ4v) is 2.23. The molecule has 6 heteroatoms. The summed E-state index contributed by atoms with van der Waals surface area (Å²) in [6, 6.07) is 14.3. The number of carbonyl (C=O) groups is 1. The van der Waals surface area contributed by atoms with Crippen molar-refractivity contribution in [1.82, 2.24) is 0 Å². The van der Waals surface area contributed by atoms with E-state index < -0.39 is 12.6 Å². The van der Waals surface area contributed by atoms with Crippen molar-refractivity contribution in [3.8, 4) is 5.75 Å². The molecule has 0 amide bonds. The quantitative estimate of drug-likeness (QED) is 0.424. The molecule has 0 saturated heterocycles. The largest absolute Gasteiger partial charge is 0.489 e. The number of hydrogen-bond donors (Lipinski definition) is 0. The van der Waals surface area contributed by atoms with Gasteiger partial charge in [0.2, 0.25) is 0 Å². The Kier molecular flexibility index (Phi) is 6.51. The molecule has 2 rings (SSSR count). The summed E-state index contributed by atoms with van der Waals surface area (Å²) in [5.41, 5.74) is 1.90. The summed E-state index contributed by atoms with van der Waals surface area (Å²) < 4.78 is 39.3. The number of alkyl halides is 2. The Balaban J connectivity index is 2.30. The molecule has 2 aromatic carbocycles. The summed E-state index contributed by atoms with van der Waals surface area (Å²) in [6.07, 6.45) is 0.711. The highest BCUT2D eigenvalue weighted by molar-refractivity contribution is 6.16. The smallest absolute Gasteiger partial charge is 0.386 e. The van der Waals surface area contributed by atoms with Crippen LogP contribution in [0.5, 0.6) is 5.75 Å². The predicted molar refractivity (Wildman–Crippen MR) is 89.0 cm³/mol. The Morgan fingerprint density at radius 3 is 2.48 bits per heavy atom. The van der Waals surface area contributed by atoms with E-state index in [2.05, 4.69) is 9.47 Å². The zero-order valence-electron chi connectivity index (χ0n) is 13.9. The second-order valence-corrected chi connectivity index (χ2v) is 5.13. The maximum Gasteiger partial charge on any atom is 0.386 e. The van der Waals surface area contributed by atoms with E-state index in [-0.39, 0.29) is 12.2 Å². The van der Waals surface area contributed by atoms with E-state index in [1.807, 2.05) is 31.2 Å². The van der Waals surface area contributed by atoms with E-state index in [0.717, 1.165) is 5.56 Å². The monoisotopic (exact) mass is 348 g/mol. The van der Waals surface area contributed by atoms with Gasteiger partial charge in [-0.25, -0.2) is 4.79 Å². The van der Waals surface area contributed by atoms with Crippen molar-refractivity contribution in [3.05, 3.63) is 71.5 Å². The van der Waals surface area contributed by atoms with Crippen molar-refractivity contribution in [2.75, 3.05) is 7.11 Å². The molecule has 0 saturated carbocycles. The van der Waals surface area contributed by atoms with Crippen molar-refractivity contribution < 1.29 is 27.8 Å². The lowest BCUT2D eigenvalue weighted by molar-refractivity contribution is -0.134. The molecule has 0 atom stereocenters. The van der Waals surface area contributed by atoms with Crippen molar-refractivity contribution >= 4 is 11.5 Å². The van der Waals surface area contributed by atoms with Crippen molar-refractivity contribution in [3.63, 3.8) is 0 Å². The second-order valence-electron chi connectivity index (χ2n) is 5.13. The van der Waals surface area contributed by atoms with Crippen LogP contribution in [0.15, 0.2) is 54.8 Å². The van der Waals surface area contributed by atoms with Gasteiger partial charge in [-0.1, -0.05) is 42.5 Å². The molecule has 0 N–H and O–H groups in total. The number of aryl methyl sites for hydroxylation is 1. The van der Waals surface area contributed by atoms with E-state index in [9.17, 15) is 13.6 Å². The predicted octanol–water partition coefficient (Wildman–Crippen LogP) is 4.33. The normalized spacial score (nSPS) is 11.3. The highest BCUT2D eigenvalue weighted by Crippen LogP contribution is 2.24. The average Bonchev–Trinajstić information content (AvgIpc) is 2.61. The highest BCUT2D eigenvalue weighted by atomic mass is 19.3. The fraction of sp³-hybridized carbons (Fsp3) is 0.211. The molecule has 0 bridgehead atoms. The van der Waals surface area contributed by atoms with Crippen LogP contribution < -0.4 is 4.74 Å². The Morgan fingerprint density at radius 1 is 1.12 bits per heavy atom. The van der Waals surface area contributed by atoms with Gasteiger partial charge < -0.3 is 14.2 Å². The number of benzene rings is 2. The molecular formula is C19H18F2O4. The van der Waals surface area contributed by atoms with Crippen LogP contribution in [-0.4, -0.2) is 19.7 Å². The zero-order valence-corrected chi connectivity index (χ0v) is 13.9. The summed E-state index contributed by atoms with van der Waals surface area (Å²) in [6.45, 7) is -0.961. The van der Waals surface area contributed by atoms with E-state index in [1.54, 1.807) is 24.3 Å². The first-order valence-corrected chi connectivity index (χ1v) is 7.51. The summed E-state index contributed by atoms with van der Waals surface area (Å²) in [5, 5.41) is 0. The number of ether oxygens (including phenoxy) is 3. The van der Waals surface area contributed by atoms with Gasteiger partial charge in [-0.3, -0.25) is 0 Å². The zero-order chi connectivity index (χ0) is 18.2.